The van der Waals surface area contributed by atoms with Crippen LogP contribution < -0.4 is 10.0 Å². The lowest BCUT2D eigenvalue weighted by atomic mass is 10.1. The largest absolute Gasteiger partial charge is 0.447 e. The number of rotatable bonds is 7. The van der Waals surface area contributed by atoms with Crippen molar-refractivity contribution in [2.45, 2.75) is 70.2 Å². The van der Waals surface area contributed by atoms with Crippen LogP contribution in [0.1, 0.15) is 52.7 Å². The minimum absolute atomic E-state index is 0.00384. The molecule has 120 valence electrons. The number of hydrogen-bond acceptors (Lipinski definition) is 4. The minimum Gasteiger partial charge on any atom is -0.447 e. The topological polar surface area (TPSA) is 71.3 Å². The van der Waals surface area contributed by atoms with Crippen molar-refractivity contribution in [1.82, 2.24) is 10.0 Å². The van der Waals surface area contributed by atoms with Crippen LogP contribution in [0.25, 0.3) is 0 Å². The molecule has 6 heteroatoms. The summed E-state index contributed by atoms with van der Waals surface area (Å²) in [6.07, 6.45) is 3.34. The van der Waals surface area contributed by atoms with Crippen molar-refractivity contribution in [2.24, 2.45) is 5.92 Å². The summed E-state index contributed by atoms with van der Waals surface area (Å²) in [7, 11) is -3.55. The Hall–Kier alpha value is -0.850. The van der Waals surface area contributed by atoms with Crippen LogP contribution in [0.15, 0.2) is 21.6 Å². The van der Waals surface area contributed by atoms with Crippen molar-refractivity contribution >= 4 is 10.0 Å². The first-order chi connectivity index (χ1) is 9.66. The zero-order valence-electron chi connectivity index (χ0n) is 13.3. The second-order valence-corrected chi connectivity index (χ2v) is 8.67. The molecule has 0 amide bonds. The Morgan fingerprint density at radius 2 is 2.00 bits per heavy atom. The molecule has 2 rings (SSSR count). The lowest BCUT2D eigenvalue weighted by Crippen LogP contribution is -2.35. The van der Waals surface area contributed by atoms with Crippen molar-refractivity contribution in [3.05, 3.63) is 17.9 Å². The molecule has 1 fully saturated rings. The second kappa shape index (κ2) is 6.10. The quantitative estimate of drug-likeness (QED) is 0.811. The average molecular weight is 314 g/mol. The van der Waals surface area contributed by atoms with Gasteiger partial charge in [-0.1, -0.05) is 12.8 Å². The maximum Gasteiger partial charge on any atom is 0.274 e. The highest BCUT2D eigenvalue weighted by Gasteiger charge is 2.27. The van der Waals surface area contributed by atoms with Crippen molar-refractivity contribution in [1.29, 1.82) is 0 Å². The van der Waals surface area contributed by atoms with Gasteiger partial charge in [-0.2, -0.15) is 0 Å². The van der Waals surface area contributed by atoms with Crippen LogP contribution in [0.3, 0.4) is 0 Å². The zero-order valence-corrected chi connectivity index (χ0v) is 14.1. The highest BCUT2D eigenvalue weighted by atomic mass is 32.2. The third-order valence-corrected chi connectivity index (χ3v) is 4.90. The van der Waals surface area contributed by atoms with Crippen LogP contribution >= 0.6 is 0 Å². The molecule has 1 aromatic rings. The van der Waals surface area contributed by atoms with Crippen LogP contribution in [0.4, 0.5) is 0 Å². The monoisotopic (exact) mass is 314 g/mol. The molecule has 1 saturated carbocycles. The smallest absolute Gasteiger partial charge is 0.274 e. The van der Waals surface area contributed by atoms with E-state index < -0.39 is 10.0 Å². The molecule has 1 heterocycles. The fourth-order valence-electron chi connectivity index (χ4n) is 2.17. The van der Waals surface area contributed by atoms with Gasteiger partial charge in [0, 0.05) is 11.6 Å². The first-order valence-electron chi connectivity index (χ1n) is 7.52. The predicted octanol–water partition coefficient (Wildman–Crippen LogP) is 2.63. The fourth-order valence-corrected chi connectivity index (χ4v) is 3.38. The van der Waals surface area contributed by atoms with Gasteiger partial charge in [-0.25, -0.2) is 13.1 Å². The highest BCUT2D eigenvalue weighted by molar-refractivity contribution is 7.89. The van der Waals surface area contributed by atoms with E-state index in [4.69, 9.17) is 4.42 Å². The maximum atomic E-state index is 12.2. The summed E-state index contributed by atoms with van der Waals surface area (Å²) in [6.45, 7) is 8.57. The van der Waals surface area contributed by atoms with E-state index in [0.29, 0.717) is 18.2 Å². The number of nitrogens with one attached hydrogen (secondary N) is 2. The average Bonchev–Trinajstić information content (AvgIpc) is 2.99. The van der Waals surface area contributed by atoms with Gasteiger partial charge in [0.05, 0.1) is 6.54 Å². The van der Waals surface area contributed by atoms with Gasteiger partial charge in [0.1, 0.15) is 5.76 Å². The Morgan fingerprint density at radius 3 is 2.57 bits per heavy atom. The molecule has 1 aliphatic rings. The van der Waals surface area contributed by atoms with Gasteiger partial charge in [0.2, 0.25) is 5.09 Å². The van der Waals surface area contributed by atoms with E-state index in [2.05, 4.69) is 30.8 Å². The van der Waals surface area contributed by atoms with Gasteiger partial charge in [-0.05, 0) is 52.2 Å². The summed E-state index contributed by atoms with van der Waals surface area (Å²) in [5, 5.41) is 3.27. The fraction of sp³-hybridized carbons (Fsp3) is 0.733. The highest BCUT2D eigenvalue weighted by Crippen LogP contribution is 2.33. The lowest BCUT2D eigenvalue weighted by Gasteiger charge is -2.19. The summed E-state index contributed by atoms with van der Waals surface area (Å²) >= 11 is 0. The molecule has 0 bridgehead atoms. The summed E-state index contributed by atoms with van der Waals surface area (Å²) in [4.78, 5) is 0. The van der Waals surface area contributed by atoms with Crippen LogP contribution in [-0.4, -0.2) is 20.0 Å². The van der Waals surface area contributed by atoms with Gasteiger partial charge in [-0.3, -0.25) is 0 Å². The third kappa shape index (κ3) is 5.45. The molecule has 1 aliphatic carbocycles. The molecule has 0 aliphatic heterocycles. The summed E-state index contributed by atoms with van der Waals surface area (Å²) < 4.78 is 32.6. The van der Waals surface area contributed by atoms with E-state index in [9.17, 15) is 8.42 Å². The van der Waals surface area contributed by atoms with E-state index in [-0.39, 0.29) is 16.7 Å². The van der Waals surface area contributed by atoms with Crippen LogP contribution in [0.5, 0.6) is 0 Å². The molecule has 0 radical (unpaired) electrons. The van der Waals surface area contributed by atoms with Gasteiger partial charge < -0.3 is 9.73 Å². The SMILES string of the molecule is CC(CC1CC1)NS(=O)(=O)c1ccc(CNC(C)(C)C)o1. The molecular weight excluding hydrogens is 288 g/mol. The first-order valence-corrected chi connectivity index (χ1v) is 9.00. The molecule has 2 N–H and O–H groups in total. The first kappa shape index (κ1) is 16.5. The Labute approximate surface area is 127 Å². The Morgan fingerprint density at radius 1 is 1.33 bits per heavy atom. The van der Waals surface area contributed by atoms with E-state index in [0.717, 1.165) is 6.42 Å². The molecule has 21 heavy (non-hydrogen) atoms. The molecule has 0 saturated heterocycles. The number of hydrogen-bond donors (Lipinski definition) is 2. The van der Waals surface area contributed by atoms with Gasteiger partial charge in [-0.15, -0.1) is 0 Å². The maximum absolute atomic E-state index is 12.2. The molecule has 1 atom stereocenters. The number of furan rings is 1. The van der Waals surface area contributed by atoms with Crippen molar-refractivity contribution < 1.29 is 12.8 Å². The molecular formula is C15H26N2O3S. The van der Waals surface area contributed by atoms with Gasteiger partial charge in [0.25, 0.3) is 10.0 Å². The summed E-state index contributed by atoms with van der Waals surface area (Å²) in [5.41, 5.74) is -0.0388. The Kier molecular flexibility index (Phi) is 4.80. The Bertz CT molecular complexity index is 568. The van der Waals surface area contributed by atoms with E-state index in [1.54, 1.807) is 6.07 Å². The summed E-state index contributed by atoms with van der Waals surface area (Å²) in [6, 6.07) is 3.17. The third-order valence-electron chi connectivity index (χ3n) is 3.43. The minimum atomic E-state index is -3.55. The molecule has 1 aromatic heterocycles. The Balaban J connectivity index is 1.94. The van der Waals surface area contributed by atoms with E-state index in [1.165, 1.54) is 18.9 Å². The molecule has 0 spiro atoms. The normalized spacial score (nSPS) is 17.9. The van der Waals surface area contributed by atoms with Gasteiger partial charge in [0.15, 0.2) is 0 Å². The van der Waals surface area contributed by atoms with Crippen molar-refractivity contribution in [2.75, 3.05) is 0 Å². The van der Waals surface area contributed by atoms with E-state index >= 15 is 0 Å². The molecule has 5 nitrogen and oxygen atoms in total. The lowest BCUT2D eigenvalue weighted by molar-refractivity contribution is 0.358. The van der Waals surface area contributed by atoms with E-state index in [1.807, 2.05) is 6.92 Å². The van der Waals surface area contributed by atoms with Crippen molar-refractivity contribution in [3.8, 4) is 0 Å². The summed E-state index contributed by atoms with van der Waals surface area (Å²) in [5.74, 6) is 1.31. The standard InChI is InChI=1S/C15H26N2O3S/c1-11(9-12-5-6-12)17-21(18,19)14-8-7-13(20-14)10-16-15(2,3)4/h7-8,11-12,16-17H,5-6,9-10H2,1-4H3. The van der Waals surface area contributed by atoms with Crippen LogP contribution in [0, 0.1) is 5.92 Å². The van der Waals surface area contributed by atoms with Crippen LogP contribution in [-0.2, 0) is 16.6 Å². The predicted molar refractivity (Wildman–Crippen MR) is 82.4 cm³/mol. The molecule has 1 unspecified atom stereocenters. The van der Waals surface area contributed by atoms with Crippen molar-refractivity contribution in [3.63, 3.8) is 0 Å². The second-order valence-electron chi connectivity index (χ2n) is 7.03. The number of sulfonamides is 1. The zero-order chi connectivity index (χ0) is 15.7. The van der Waals surface area contributed by atoms with Gasteiger partial charge >= 0.3 is 0 Å². The van der Waals surface area contributed by atoms with Crippen LogP contribution in [0.2, 0.25) is 0 Å². The molecule has 0 aromatic carbocycles.